The Morgan fingerprint density at radius 3 is 2.35 bits per heavy atom. The van der Waals surface area contributed by atoms with E-state index in [9.17, 15) is 8.42 Å². The fraction of sp³-hybridized carbons (Fsp3) is 0.118. The van der Waals surface area contributed by atoms with Gasteiger partial charge in [0.15, 0.2) is 12.2 Å². The second-order valence-electron chi connectivity index (χ2n) is 5.20. The highest BCUT2D eigenvalue weighted by Crippen LogP contribution is 2.19. The zero-order valence-corrected chi connectivity index (χ0v) is 13.4. The van der Waals surface area contributed by atoms with Crippen molar-refractivity contribution in [3.8, 4) is 11.3 Å². The number of nitrogens with one attached hydrogen (secondary N) is 1. The molecule has 23 heavy (non-hydrogen) atoms. The van der Waals surface area contributed by atoms with E-state index < -0.39 is 10.0 Å². The van der Waals surface area contributed by atoms with E-state index in [1.165, 1.54) is 6.39 Å². The zero-order chi connectivity index (χ0) is 16.3. The lowest BCUT2D eigenvalue weighted by molar-refractivity contribution is 0.571. The lowest BCUT2D eigenvalue weighted by atomic mass is 10.1. The molecule has 5 nitrogen and oxygen atoms in total. The normalized spacial score (nSPS) is 11.5. The van der Waals surface area contributed by atoms with Crippen LogP contribution in [-0.2, 0) is 16.6 Å². The molecule has 118 valence electrons. The Morgan fingerprint density at radius 2 is 1.74 bits per heavy atom. The quantitative estimate of drug-likeness (QED) is 0.781. The molecule has 0 amide bonds. The van der Waals surface area contributed by atoms with E-state index in [0.29, 0.717) is 5.76 Å². The van der Waals surface area contributed by atoms with Crippen molar-refractivity contribution in [2.24, 2.45) is 0 Å². The van der Waals surface area contributed by atoms with Crippen LogP contribution in [0.2, 0.25) is 0 Å². The van der Waals surface area contributed by atoms with Crippen LogP contribution >= 0.6 is 0 Å². The molecule has 2 aromatic carbocycles. The highest BCUT2D eigenvalue weighted by atomic mass is 32.2. The average Bonchev–Trinajstić information content (AvgIpc) is 3.08. The van der Waals surface area contributed by atoms with E-state index in [2.05, 4.69) is 9.71 Å². The number of nitrogens with zero attached hydrogens (tertiary/aromatic N) is 1. The molecule has 3 aromatic rings. The van der Waals surface area contributed by atoms with Gasteiger partial charge in [0, 0.05) is 12.1 Å². The molecule has 0 saturated carbocycles. The highest BCUT2D eigenvalue weighted by molar-refractivity contribution is 7.89. The van der Waals surface area contributed by atoms with E-state index in [1.54, 1.807) is 30.5 Å². The summed E-state index contributed by atoms with van der Waals surface area (Å²) in [5.74, 6) is 0.678. The third-order valence-electron chi connectivity index (χ3n) is 3.47. The lowest BCUT2D eigenvalue weighted by Crippen LogP contribution is -2.23. The summed E-state index contributed by atoms with van der Waals surface area (Å²) in [5, 5.41) is 0. The van der Waals surface area contributed by atoms with Crippen LogP contribution in [0.4, 0.5) is 0 Å². The molecule has 0 aliphatic heterocycles. The second kappa shape index (κ2) is 6.36. The topological polar surface area (TPSA) is 72.2 Å². The van der Waals surface area contributed by atoms with E-state index in [-0.39, 0.29) is 11.4 Å². The van der Waals surface area contributed by atoms with E-state index in [1.807, 2.05) is 31.2 Å². The molecule has 0 fully saturated rings. The van der Waals surface area contributed by atoms with Gasteiger partial charge >= 0.3 is 0 Å². The Labute approximate surface area is 135 Å². The minimum Gasteiger partial charge on any atom is -0.444 e. The Morgan fingerprint density at radius 1 is 1.04 bits per heavy atom. The second-order valence-corrected chi connectivity index (χ2v) is 6.97. The van der Waals surface area contributed by atoms with Crippen LogP contribution < -0.4 is 4.72 Å². The number of benzene rings is 2. The van der Waals surface area contributed by atoms with Crippen LogP contribution in [0.3, 0.4) is 0 Å². The van der Waals surface area contributed by atoms with Crippen LogP contribution in [0, 0.1) is 6.92 Å². The molecule has 0 aliphatic rings. The average molecular weight is 328 g/mol. The van der Waals surface area contributed by atoms with Gasteiger partial charge in [-0.2, -0.15) is 0 Å². The van der Waals surface area contributed by atoms with Crippen molar-refractivity contribution >= 4 is 10.0 Å². The first-order valence-electron chi connectivity index (χ1n) is 7.09. The van der Waals surface area contributed by atoms with E-state index in [4.69, 9.17) is 4.42 Å². The molecular weight excluding hydrogens is 312 g/mol. The molecule has 0 radical (unpaired) electrons. The highest BCUT2D eigenvalue weighted by Gasteiger charge is 2.13. The van der Waals surface area contributed by atoms with Gasteiger partial charge in [0.25, 0.3) is 0 Å². The van der Waals surface area contributed by atoms with Crippen LogP contribution in [0.5, 0.6) is 0 Å². The summed E-state index contributed by atoms with van der Waals surface area (Å²) in [6.45, 7) is 2.15. The van der Waals surface area contributed by atoms with Crippen LogP contribution in [0.1, 0.15) is 11.1 Å². The summed E-state index contributed by atoms with van der Waals surface area (Å²) in [4.78, 5) is 4.14. The van der Waals surface area contributed by atoms with Crippen molar-refractivity contribution in [3.63, 3.8) is 0 Å². The predicted octanol–water partition coefficient (Wildman–Crippen LogP) is 3.13. The number of hydrogen-bond acceptors (Lipinski definition) is 4. The number of sulfonamides is 1. The maximum absolute atomic E-state index is 12.2. The van der Waals surface area contributed by atoms with Gasteiger partial charge < -0.3 is 4.42 Å². The largest absolute Gasteiger partial charge is 0.444 e. The standard InChI is InChI=1S/C17H16N2O3S/c1-13-2-8-16(9-3-13)23(20,21)19-10-14-4-6-15(7-5-14)17-11-18-12-22-17/h2-9,11-12,19H,10H2,1H3. The summed E-state index contributed by atoms with van der Waals surface area (Å²) >= 11 is 0. The van der Waals surface area contributed by atoms with Gasteiger partial charge in [-0.25, -0.2) is 18.1 Å². The summed E-state index contributed by atoms with van der Waals surface area (Å²) in [5.41, 5.74) is 2.78. The van der Waals surface area contributed by atoms with Crippen LogP contribution in [0.25, 0.3) is 11.3 Å². The van der Waals surface area contributed by atoms with Gasteiger partial charge in [-0.15, -0.1) is 0 Å². The zero-order valence-electron chi connectivity index (χ0n) is 12.6. The third-order valence-corrected chi connectivity index (χ3v) is 4.89. The molecule has 0 saturated heterocycles. The van der Waals surface area contributed by atoms with E-state index in [0.717, 1.165) is 16.7 Å². The molecule has 0 aliphatic carbocycles. The smallest absolute Gasteiger partial charge is 0.240 e. The number of oxazole rings is 1. The lowest BCUT2D eigenvalue weighted by Gasteiger charge is -2.07. The minimum absolute atomic E-state index is 0.229. The Bertz CT molecular complexity index is 869. The fourth-order valence-electron chi connectivity index (χ4n) is 2.12. The van der Waals surface area contributed by atoms with Gasteiger partial charge in [-0.3, -0.25) is 0 Å². The number of aryl methyl sites for hydroxylation is 1. The molecule has 0 atom stereocenters. The maximum Gasteiger partial charge on any atom is 0.240 e. The van der Waals surface area contributed by atoms with Crippen molar-refractivity contribution in [2.45, 2.75) is 18.4 Å². The molecule has 0 spiro atoms. The summed E-state index contributed by atoms with van der Waals surface area (Å²) in [6, 6.07) is 14.2. The van der Waals surface area contributed by atoms with E-state index >= 15 is 0 Å². The predicted molar refractivity (Wildman–Crippen MR) is 87.1 cm³/mol. The molecule has 0 bridgehead atoms. The van der Waals surface area contributed by atoms with Gasteiger partial charge in [-0.05, 0) is 24.6 Å². The van der Waals surface area contributed by atoms with Gasteiger partial charge in [0.05, 0.1) is 11.1 Å². The van der Waals surface area contributed by atoms with Crippen molar-refractivity contribution in [3.05, 3.63) is 72.2 Å². The first-order valence-corrected chi connectivity index (χ1v) is 8.57. The first-order chi connectivity index (χ1) is 11.0. The summed E-state index contributed by atoms with van der Waals surface area (Å²) in [6.07, 6.45) is 3.01. The van der Waals surface area contributed by atoms with Gasteiger partial charge in [0.2, 0.25) is 10.0 Å². The minimum atomic E-state index is -3.51. The summed E-state index contributed by atoms with van der Waals surface area (Å²) in [7, 11) is -3.51. The third kappa shape index (κ3) is 3.67. The number of hydrogen-bond donors (Lipinski definition) is 1. The van der Waals surface area contributed by atoms with Crippen LogP contribution in [0.15, 0.2) is 70.4 Å². The molecule has 6 heteroatoms. The molecule has 1 aromatic heterocycles. The molecular formula is C17H16N2O3S. The number of rotatable bonds is 5. The molecule has 0 unspecified atom stereocenters. The molecule has 1 heterocycles. The molecule has 3 rings (SSSR count). The Balaban J connectivity index is 1.69. The van der Waals surface area contributed by atoms with Crippen molar-refractivity contribution in [1.82, 2.24) is 9.71 Å². The Hall–Kier alpha value is -2.44. The van der Waals surface area contributed by atoms with Crippen molar-refractivity contribution in [2.75, 3.05) is 0 Å². The van der Waals surface area contributed by atoms with Crippen LogP contribution in [-0.4, -0.2) is 13.4 Å². The molecule has 1 N–H and O–H groups in total. The SMILES string of the molecule is Cc1ccc(S(=O)(=O)NCc2ccc(-c3cnco3)cc2)cc1. The van der Waals surface area contributed by atoms with Gasteiger partial charge in [-0.1, -0.05) is 42.0 Å². The fourth-order valence-corrected chi connectivity index (χ4v) is 3.14. The van der Waals surface area contributed by atoms with Gasteiger partial charge in [0.1, 0.15) is 0 Å². The monoisotopic (exact) mass is 328 g/mol. The number of aromatic nitrogens is 1. The maximum atomic E-state index is 12.2. The Kier molecular flexibility index (Phi) is 4.27. The summed E-state index contributed by atoms with van der Waals surface area (Å²) < 4.78 is 32.3. The van der Waals surface area contributed by atoms with Crippen molar-refractivity contribution in [1.29, 1.82) is 0 Å². The van der Waals surface area contributed by atoms with Crippen molar-refractivity contribution < 1.29 is 12.8 Å². The first kappa shape index (κ1) is 15.5.